The second-order valence-electron chi connectivity index (χ2n) is 8.32. The third-order valence-corrected chi connectivity index (χ3v) is 4.53. The molecule has 0 fully saturated rings. The number of nitrogens with one attached hydrogen (secondary N) is 2. The number of anilines is 1. The molecular formula is C26H28N2O3. The van der Waals surface area contributed by atoms with Crippen molar-refractivity contribution in [1.29, 1.82) is 0 Å². The predicted molar refractivity (Wildman–Crippen MR) is 124 cm³/mol. The highest BCUT2D eigenvalue weighted by atomic mass is 16.6. The smallest absolute Gasteiger partial charge is 0.408 e. The second-order valence-corrected chi connectivity index (χ2v) is 8.32. The first-order valence-electron chi connectivity index (χ1n) is 10.3. The van der Waals surface area contributed by atoms with Gasteiger partial charge in [-0.3, -0.25) is 4.79 Å². The molecule has 3 aromatic carbocycles. The maximum Gasteiger partial charge on any atom is 0.408 e. The highest BCUT2D eigenvalue weighted by Gasteiger charge is 2.25. The number of amides is 2. The van der Waals surface area contributed by atoms with Crippen LogP contribution in [0.5, 0.6) is 0 Å². The summed E-state index contributed by atoms with van der Waals surface area (Å²) in [6, 6.07) is 26.4. The van der Waals surface area contributed by atoms with E-state index in [1.807, 2.05) is 84.9 Å². The summed E-state index contributed by atoms with van der Waals surface area (Å²) in [4.78, 5) is 25.4. The van der Waals surface area contributed by atoms with Gasteiger partial charge in [0.15, 0.2) is 0 Å². The van der Waals surface area contributed by atoms with Crippen molar-refractivity contribution in [2.75, 3.05) is 5.32 Å². The molecule has 2 amide bonds. The van der Waals surface area contributed by atoms with Crippen LogP contribution in [0.25, 0.3) is 11.1 Å². The lowest BCUT2D eigenvalue weighted by atomic mass is 10.0. The second kappa shape index (κ2) is 9.94. The van der Waals surface area contributed by atoms with Crippen LogP contribution in [0.3, 0.4) is 0 Å². The molecule has 5 nitrogen and oxygen atoms in total. The van der Waals surface area contributed by atoms with E-state index in [-0.39, 0.29) is 5.91 Å². The van der Waals surface area contributed by atoms with Gasteiger partial charge in [0.1, 0.15) is 11.6 Å². The first kappa shape index (κ1) is 22.1. The molecule has 0 spiro atoms. The summed E-state index contributed by atoms with van der Waals surface area (Å²) in [5.74, 6) is -0.306. The number of ether oxygens (including phenoxy) is 1. The molecule has 0 bridgehead atoms. The SMILES string of the molecule is CC(C)(C)OC(=O)N[C@@H](Cc1ccccc1)C(=O)Nc1cccc(-c2ccccc2)c1. The van der Waals surface area contributed by atoms with E-state index in [4.69, 9.17) is 4.74 Å². The van der Waals surface area contributed by atoms with Gasteiger partial charge in [0.05, 0.1) is 0 Å². The van der Waals surface area contributed by atoms with Crippen LogP contribution < -0.4 is 10.6 Å². The van der Waals surface area contributed by atoms with Crippen LogP contribution in [0.2, 0.25) is 0 Å². The molecule has 0 aliphatic heterocycles. The Morgan fingerprint density at radius 1 is 0.839 bits per heavy atom. The van der Waals surface area contributed by atoms with Crippen LogP contribution in [0, 0.1) is 0 Å². The quantitative estimate of drug-likeness (QED) is 0.563. The zero-order valence-electron chi connectivity index (χ0n) is 18.1. The van der Waals surface area contributed by atoms with E-state index in [9.17, 15) is 9.59 Å². The molecule has 0 aliphatic rings. The Morgan fingerprint density at radius 3 is 2.10 bits per heavy atom. The van der Waals surface area contributed by atoms with Gasteiger partial charge in [0, 0.05) is 12.1 Å². The molecule has 160 valence electrons. The standard InChI is InChI=1S/C26H28N2O3/c1-26(2,3)31-25(30)28-23(17-19-11-6-4-7-12-19)24(29)27-22-16-10-15-21(18-22)20-13-8-5-9-14-20/h4-16,18,23H,17H2,1-3H3,(H,27,29)(H,28,30)/t23-/m0/s1. The summed E-state index contributed by atoms with van der Waals surface area (Å²) in [6.07, 6.45) is -0.272. The molecule has 1 atom stereocenters. The molecule has 0 radical (unpaired) electrons. The van der Waals surface area contributed by atoms with Gasteiger partial charge in [-0.15, -0.1) is 0 Å². The lowest BCUT2D eigenvalue weighted by Crippen LogP contribution is -2.47. The van der Waals surface area contributed by atoms with E-state index in [0.717, 1.165) is 16.7 Å². The van der Waals surface area contributed by atoms with Crippen molar-refractivity contribution in [1.82, 2.24) is 5.32 Å². The highest BCUT2D eigenvalue weighted by Crippen LogP contribution is 2.22. The van der Waals surface area contributed by atoms with Crippen molar-refractivity contribution in [3.63, 3.8) is 0 Å². The summed E-state index contributed by atoms with van der Waals surface area (Å²) in [6.45, 7) is 5.36. The number of rotatable bonds is 6. The van der Waals surface area contributed by atoms with Crippen molar-refractivity contribution < 1.29 is 14.3 Å². The summed E-state index contributed by atoms with van der Waals surface area (Å²) in [5, 5.41) is 5.65. The van der Waals surface area contributed by atoms with Crippen molar-refractivity contribution in [2.45, 2.75) is 38.8 Å². The summed E-state index contributed by atoms with van der Waals surface area (Å²) in [7, 11) is 0. The molecule has 0 aromatic heterocycles. The molecule has 0 aliphatic carbocycles. The molecule has 3 aromatic rings. The largest absolute Gasteiger partial charge is 0.444 e. The fraction of sp³-hybridized carbons (Fsp3) is 0.231. The monoisotopic (exact) mass is 416 g/mol. The summed E-state index contributed by atoms with van der Waals surface area (Å²) in [5.41, 5.74) is 3.01. The van der Waals surface area contributed by atoms with Gasteiger partial charge in [-0.25, -0.2) is 4.79 Å². The number of carbonyl (C=O) groups excluding carboxylic acids is 2. The van der Waals surface area contributed by atoms with E-state index in [2.05, 4.69) is 10.6 Å². The van der Waals surface area contributed by atoms with E-state index in [1.54, 1.807) is 20.8 Å². The third-order valence-electron chi connectivity index (χ3n) is 4.53. The zero-order chi connectivity index (χ0) is 22.3. The van der Waals surface area contributed by atoms with Crippen molar-refractivity contribution >= 4 is 17.7 Å². The van der Waals surface area contributed by atoms with Crippen molar-refractivity contribution in [3.8, 4) is 11.1 Å². The number of hydrogen-bond acceptors (Lipinski definition) is 3. The molecule has 3 rings (SSSR count). The Bertz CT molecular complexity index is 1010. The van der Waals surface area contributed by atoms with Gasteiger partial charge in [-0.2, -0.15) is 0 Å². The Kier molecular flexibility index (Phi) is 7.08. The lowest BCUT2D eigenvalue weighted by Gasteiger charge is -2.23. The van der Waals surface area contributed by atoms with E-state index in [1.165, 1.54) is 0 Å². The molecule has 2 N–H and O–H groups in total. The summed E-state index contributed by atoms with van der Waals surface area (Å²) >= 11 is 0. The van der Waals surface area contributed by atoms with Crippen LogP contribution in [-0.2, 0) is 16.0 Å². The van der Waals surface area contributed by atoms with Gasteiger partial charge in [0.25, 0.3) is 0 Å². The average molecular weight is 417 g/mol. The molecular weight excluding hydrogens is 388 g/mol. The maximum absolute atomic E-state index is 13.1. The third kappa shape index (κ3) is 7.00. The normalized spacial score (nSPS) is 12.0. The molecule has 0 unspecified atom stereocenters. The van der Waals surface area contributed by atoms with Crippen LogP contribution in [0.1, 0.15) is 26.3 Å². The highest BCUT2D eigenvalue weighted by molar-refractivity contribution is 5.97. The van der Waals surface area contributed by atoms with Gasteiger partial charge < -0.3 is 15.4 Å². The fourth-order valence-corrected chi connectivity index (χ4v) is 3.15. The van der Waals surface area contributed by atoms with Crippen LogP contribution in [0.15, 0.2) is 84.9 Å². The van der Waals surface area contributed by atoms with Crippen LogP contribution >= 0.6 is 0 Å². The maximum atomic E-state index is 13.1. The Labute approximate surface area is 183 Å². The number of carbonyl (C=O) groups is 2. The average Bonchev–Trinajstić information content (AvgIpc) is 2.73. The lowest BCUT2D eigenvalue weighted by molar-refractivity contribution is -0.118. The number of benzene rings is 3. The van der Waals surface area contributed by atoms with Gasteiger partial charge >= 0.3 is 6.09 Å². The predicted octanol–water partition coefficient (Wildman–Crippen LogP) is 5.43. The van der Waals surface area contributed by atoms with E-state index in [0.29, 0.717) is 12.1 Å². The van der Waals surface area contributed by atoms with E-state index >= 15 is 0 Å². The first-order chi connectivity index (χ1) is 14.8. The van der Waals surface area contributed by atoms with E-state index < -0.39 is 17.7 Å². The van der Waals surface area contributed by atoms with Crippen LogP contribution in [0.4, 0.5) is 10.5 Å². The molecule has 0 saturated heterocycles. The minimum Gasteiger partial charge on any atom is -0.444 e. The molecule has 0 heterocycles. The minimum absolute atomic E-state index is 0.306. The van der Waals surface area contributed by atoms with Gasteiger partial charge in [-0.05, 0) is 49.6 Å². The number of alkyl carbamates (subject to hydrolysis) is 1. The van der Waals surface area contributed by atoms with Crippen molar-refractivity contribution in [2.24, 2.45) is 0 Å². The topological polar surface area (TPSA) is 67.4 Å². The van der Waals surface area contributed by atoms with Crippen LogP contribution in [-0.4, -0.2) is 23.6 Å². The van der Waals surface area contributed by atoms with Gasteiger partial charge in [-0.1, -0.05) is 72.8 Å². The van der Waals surface area contributed by atoms with Crippen molar-refractivity contribution in [3.05, 3.63) is 90.5 Å². The Hall–Kier alpha value is -3.60. The first-order valence-corrected chi connectivity index (χ1v) is 10.3. The van der Waals surface area contributed by atoms with Gasteiger partial charge in [0.2, 0.25) is 5.91 Å². The Balaban J connectivity index is 1.77. The zero-order valence-corrected chi connectivity index (χ0v) is 18.1. The number of hydrogen-bond donors (Lipinski definition) is 2. The summed E-state index contributed by atoms with van der Waals surface area (Å²) < 4.78 is 5.35. The Morgan fingerprint density at radius 2 is 1.45 bits per heavy atom. The molecule has 31 heavy (non-hydrogen) atoms. The fourth-order valence-electron chi connectivity index (χ4n) is 3.15. The minimum atomic E-state index is -0.780. The molecule has 0 saturated carbocycles. The molecule has 5 heteroatoms.